The van der Waals surface area contributed by atoms with Gasteiger partial charge in [0.2, 0.25) is 5.91 Å². The number of hydrogen-bond donors (Lipinski definition) is 0. The lowest BCUT2D eigenvalue weighted by molar-refractivity contribution is -0.126. The highest BCUT2D eigenvalue weighted by atomic mass is 79.9. The summed E-state index contributed by atoms with van der Waals surface area (Å²) in [6.45, 7) is 4.33. The van der Waals surface area contributed by atoms with Crippen molar-refractivity contribution in [1.82, 2.24) is 0 Å². The number of hydroxylamine groups is 1. The summed E-state index contributed by atoms with van der Waals surface area (Å²) in [4.78, 5) is 34.3. The molecule has 2 aromatic carbocycles. The van der Waals surface area contributed by atoms with Crippen molar-refractivity contribution in [1.29, 1.82) is 0 Å². The van der Waals surface area contributed by atoms with Crippen molar-refractivity contribution >= 4 is 39.1 Å². The molecule has 0 spiro atoms. The molecular weight excluding hydrogens is 444 g/mol. The van der Waals surface area contributed by atoms with Gasteiger partial charge in [0.1, 0.15) is 0 Å². The lowest BCUT2D eigenvalue weighted by atomic mass is 9.82. The van der Waals surface area contributed by atoms with Crippen LogP contribution in [0.3, 0.4) is 0 Å². The van der Waals surface area contributed by atoms with E-state index in [4.69, 9.17) is 4.84 Å². The first-order valence-corrected chi connectivity index (χ1v) is 11.5. The number of benzene rings is 2. The summed E-state index contributed by atoms with van der Waals surface area (Å²) in [6.07, 6.45) is 3.35. The molecule has 2 aromatic rings. The van der Waals surface area contributed by atoms with Crippen LogP contribution in [-0.4, -0.2) is 24.0 Å². The molecule has 2 aliphatic rings. The number of hydrogen-bond acceptors (Lipinski definition) is 4. The van der Waals surface area contributed by atoms with Gasteiger partial charge in [-0.3, -0.25) is 14.4 Å². The van der Waals surface area contributed by atoms with Crippen LogP contribution in [0.1, 0.15) is 39.5 Å². The van der Waals surface area contributed by atoms with Crippen molar-refractivity contribution < 1.29 is 14.4 Å². The normalized spacial score (nSPS) is 24.4. The molecule has 5 nitrogen and oxygen atoms in total. The van der Waals surface area contributed by atoms with Gasteiger partial charge in [0.15, 0.2) is 6.10 Å². The van der Waals surface area contributed by atoms with Gasteiger partial charge in [-0.15, -0.1) is 0 Å². The summed E-state index contributed by atoms with van der Waals surface area (Å²) >= 11 is 3.41. The molecule has 0 radical (unpaired) electrons. The molecule has 2 saturated heterocycles. The number of fused-ring (bicyclic) bond motifs is 1. The molecule has 0 aromatic heterocycles. The second kappa shape index (κ2) is 8.90. The van der Waals surface area contributed by atoms with Crippen molar-refractivity contribution in [3.8, 4) is 0 Å². The number of anilines is 2. The molecule has 2 heterocycles. The van der Waals surface area contributed by atoms with Gasteiger partial charge in [-0.1, -0.05) is 67.2 Å². The van der Waals surface area contributed by atoms with Crippen molar-refractivity contribution in [3.05, 3.63) is 59.1 Å². The predicted octanol–water partition coefficient (Wildman–Crippen LogP) is 5.34. The summed E-state index contributed by atoms with van der Waals surface area (Å²) in [5, 5.41) is 1.84. The van der Waals surface area contributed by atoms with Gasteiger partial charge >= 0.3 is 0 Å². The second-order valence-corrected chi connectivity index (χ2v) is 8.92. The Bertz CT molecular complexity index is 902. The van der Waals surface area contributed by atoms with E-state index in [1.807, 2.05) is 47.5 Å². The Morgan fingerprint density at radius 1 is 0.967 bits per heavy atom. The fourth-order valence-corrected chi connectivity index (χ4v) is 4.93. The number of carbonyl (C=O) groups is 2. The third kappa shape index (κ3) is 3.67. The highest BCUT2D eigenvalue weighted by Gasteiger charge is 2.61. The summed E-state index contributed by atoms with van der Waals surface area (Å²) in [6, 6.07) is 16.9. The number of amides is 2. The lowest BCUT2D eigenvalue weighted by Gasteiger charge is -2.33. The molecule has 2 fully saturated rings. The van der Waals surface area contributed by atoms with Crippen molar-refractivity contribution in [2.45, 2.75) is 51.7 Å². The molecule has 4 rings (SSSR count). The maximum absolute atomic E-state index is 13.6. The van der Waals surface area contributed by atoms with Crippen LogP contribution in [0.2, 0.25) is 0 Å². The van der Waals surface area contributed by atoms with Gasteiger partial charge in [0, 0.05) is 4.47 Å². The van der Waals surface area contributed by atoms with Crippen LogP contribution in [0.4, 0.5) is 11.4 Å². The summed E-state index contributed by atoms with van der Waals surface area (Å²) < 4.78 is 0.903. The minimum absolute atomic E-state index is 0.161. The van der Waals surface area contributed by atoms with Crippen LogP contribution in [0, 0.1) is 11.8 Å². The SMILES string of the molecule is CCCC[C@H](CC)[C@H]1[C@H]2C(=O)N(c3ccc(Br)cc3)C(=O)[C@H]2ON1c1ccccc1. The highest BCUT2D eigenvalue weighted by molar-refractivity contribution is 9.10. The van der Waals surface area contributed by atoms with Crippen molar-refractivity contribution in [2.24, 2.45) is 11.8 Å². The number of imide groups is 1. The van der Waals surface area contributed by atoms with E-state index in [1.54, 1.807) is 12.1 Å². The first-order valence-electron chi connectivity index (χ1n) is 10.7. The smallest absolute Gasteiger partial charge is 0.266 e. The van der Waals surface area contributed by atoms with Crippen LogP contribution in [0.15, 0.2) is 59.1 Å². The quantitative estimate of drug-likeness (QED) is 0.512. The van der Waals surface area contributed by atoms with Gasteiger partial charge in [0.25, 0.3) is 5.91 Å². The number of halogens is 1. The molecule has 30 heavy (non-hydrogen) atoms. The third-order valence-electron chi connectivity index (χ3n) is 6.19. The van der Waals surface area contributed by atoms with Crippen LogP contribution in [0.25, 0.3) is 0 Å². The van der Waals surface area contributed by atoms with E-state index in [0.717, 1.165) is 35.8 Å². The standard InChI is InChI=1S/C24H27BrN2O3/c1-3-5-9-16(4-2)21-20-22(30-27(21)19-10-7-6-8-11-19)24(29)26(23(20)28)18-14-12-17(25)13-15-18/h6-8,10-16,20-22H,3-5,9H2,1-2H3/t16-,20+,21-,22-/m0/s1. The Balaban J connectivity index is 1.71. The summed E-state index contributed by atoms with van der Waals surface area (Å²) in [5.74, 6) is -0.670. The summed E-state index contributed by atoms with van der Waals surface area (Å²) in [5.41, 5.74) is 1.49. The largest absolute Gasteiger partial charge is 0.273 e. The number of rotatable bonds is 7. The number of nitrogens with zero attached hydrogens (tertiary/aromatic N) is 2. The lowest BCUT2D eigenvalue weighted by Crippen LogP contribution is -2.44. The van der Waals surface area contributed by atoms with Crippen LogP contribution >= 0.6 is 15.9 Å². The molecule has 4 atom stereocenters. The minimum Gasteiger partial charge on any atom is -0.273 e. The summed E-state index contributed by atoms with van der Waals surface area (Å²) in [7, 11) is 0. The molecule has 0 N–H and O–H groups in total. The van der Waals surface area contributed by atoms with Gasteiger partial charge in [-0.05, 0) is 48.7 Å². The first-order chi connectivity index (χ1) is 14.6. The zero-order chi connectivity index (χ0) is 21.3. The zero-order valence-corrected chi connectivity index (χ0v) is 18.9. The minimum atomic E-state index is -0.776. The molecule has 0 aliphatic carbocycles. The second-order valence-electron chi connectivity index (χ2n) is 8.00. The Morgan fingerprint density at radius 2 is 1.67 bits per heavy atom. The number of carbonyl (C=O) groups excluding carboxylic acids is 2. The van der Waals surface area contributed by atoms with Crippen LogP contribution in [-0.2, 0) is 14.4 Å². The van der Waals surface area contributed by atoms with Crippen LogP contribution < -0.4 is 9.96 Å². The molecule has 2 amide bonds. The predicted molar refractivity (Wildman–Crippen MR) is 121 cm³/mol. The zero-order valence-electron chi connectivity index (χ0n) is 17.3. The first kappa shape index (κ1) is 21.1. The van der Waals surface area contributed by atoms with E-state index in [0.29, 0.717) is 5.69 Å². The Hall–Kier alpha value is -2.18. The number of unbranched alkanes of at least 4 members (excludes halogenated alkanes) is 1. The monoisotopic (exact) mass is 470 g/mol. The maximum Gasteiger partial charge on any atom is 0.266 e. The van der Waals surface area contributed by atoms with Crippen molar-refractivity contribution in [2.75, 3.05) is 9.96 Å². The molecular formula is C24H27BrN2O3. The fourth-order valence-electron chi connectivity index (χ4n) is 4.66. The average Bonchev–Trinajstić information content (AvgIpc) is 3.27. The van der Waals surface area contributed by atoms with Gasteiger partial charge in [-0.2, -0.15) is 0 Å². The fraction of sp³-hybridized carbons (Fsp3) is 0.417. The number of para-hydroxylation sites is 1. The molecule has 158 valence electrons. The van der Waals surface area contributed by atoms with Gasteiger partial charge < -0.3 is 0 Å². The van der Waals surface area contributed by atoms with Gasteiger partial charge in [0.05, 0.1) is 23.3 Å². The molecule has 6 heteroatoms. The van der Waals surface area contributed by atoms with E-state index in [2.05, 4.69) is 29.8 Å². The van der Waals surface area contributed by atoms with Crippen LogP contribution in [0.5, 0.6) is 0 Å². The topological polar surface area (TPSA) is 49.9 Å². The Morgan fingerprint density at radius 3 is 2.30 bits per heavy atom. The van der Waals surface area contributed by atoms with Crippen molar-refractivity contribution in [3.63, 3.8) is 0 Å². The highest BCUT2D eigenvalue weighted by Crippen LogP contribution is 2.44. The maximum atomic E-state index is 13.6. The molecule has 2 aliphatic heterocycles. The Kier molecular flexibility index (Phi) is 6.25. The Labute approximate surface area is 186 Å². The average molecular weight is 471 g/mol. The van der Waals surface area contributed by atoms with E-state index in [-0.39, 0.29) is 23.8 Å². The molecule has 0 unspecified atom stereocenters. The van der Waals surface area contributed by atoms with E-state index >= 15 is 0 Å². The molecule has 0 saturated carbocycles. The van der Waals surface area contributed by atoms with E-state index in [9.17, 15) is 9.59 Å². The van der Waals surface area contributed by atoms with E-state index < -0.39 is 12.0 Å². The molecule has 0 bridgehead atoms. The van der Waals surface area contributed by atoms with E-state index in [1.165, 1.54) is 4.90 Å². The third-order valence-corrected chi connectivity index (χ3v) is 6.72. The van der Waals surface area contributed by atoms with Gasteiger partial charge in [-0.25, -0.2) is 9.96 Å².